The second kappa shape index (κ2) is 2.99. The van der Waals surface area contributed by atoms with Crippen molar-refractivity contribution in [2.45, 2.75) is 18.9 Å². The van der Waals surface area contributed by atoms with Gasteiger partial charge in [0.1, 0.15) is 6.07 Å². The molecule has 0 spiro atoms. The summed E-state index contributed by atoms with van der Waals surface area (Å²) in [6.45, 7) is 0. The Morgan fingerprint density at radius 1 is 1.69 bits per heavy atom. The molecule has 0 aliphatic heterocycles. The molecule has 0 saturated carbocycles. The van der Waals surface area contributed by atoms with Crippen LogP contribution in [0.1, 0.15) is 29.3 Å². The fraction of sp³-hybridized carbons (Fsp3) is 0.333. The van der Waals surface area contributed by atoms with Crippen LogP contribution < -0.4 is 0 Å². The maximum atomic E-state index is 9.47. The van der Waals surface area contributed by atoms with Gasteiger partial charge in [-0.1, -0.05) is 11.6 Å². The summed E-state index contributed by atoms with van der Waals surface area (Å²) in [4.78, 5) is 4.01. The standard InChI is InChI=1S/C9H7ClN2O/c10-8-5(3-11)4-12-9-6(8)1-2-7(9)13/h4,7,13H,1-2H2/t7-/m1/s1. The first-order valence-electron chi connectivity index (χ1n) is 3.99. The van der Waals surface area contributed by atoms with Crippen molar-refractivity contribution in [3.63, 3.8) is 0 Å². The molecule has 66 valence electrons. The number of nitrogens with zero attached hydrogens (tertiary/aromatic N) is 2. The molecule has 1 aliphatic carbocycles. The molecule has 1 heterocycles. The van der Waals surface area contributed by atoms with Gasteiger partial charge in [-0.2, -0.15) is 5.26 Å². The van der Waals surface area contributed by atoms with Crippen LogP contribution in [0, 0.1) is 11.3 Å². The smallest absolute Gasteiger partial charge is 0.102 e. The lowest BCUT2D eigenvalue weighted by Crippen LogP contribution is -1.96. The van der Waals surface area contributed by atoms with E-state index in [2.05, 4.69) is 4.98 Å². The van der Waals surface area contributed by atoms with Crippen LogP contribution in [0.5, 0.6) is 0 Å². The van der Waals surface area contributed by atoms with Crippen LogP contribution in [0.2, 0.25) is 5.02 Å². The van der Waals surface area contributed by atoms with Gasteiger partial charge in [0.25, 0.3) is 0 Å². The number of hydrogen-bond donors (Lipinski definition) is 1. The first-order chi connectivity index (χ1) is 6.24. The fourth-order valence-corrected chi connectivity index (χ4v) is 1.85. The van der Waals surface area contributed by atoms with E-state index in [0.29, 0.717) is 29.1 Å². The first-order valence-corrected chi connectivity index (χ1v) is 4.37. The third kappa shape index (κ3) is 1.19. The zero-order valence-corrected chi connectivity index (χ0v) is 7.54. The van der Waals surface area contributed by atoms with Crippen LogP contribution in [0.3, 0.4) is 0 Å². The molecule has 1 aromatic rings. The van der Waals surface area contributed by atoms with Crippen molar-refractivity contribution >= 4 is 11.6 Å². The molecule has 0 bridgehead atoms. The molecule has 0 radical (unpaired) electrons. The van der Waals surface area contributed by atoms with Gasteiger partial charge in [-0.25, -0.2) is 0 Å². The summed E-state index contributed by atoms with van der Waals surface area (Å²) in [5.41, 5.74) is 1.84. The van der Waals surface area contributed by atoms with Gasteiger partial charge >= 0.3 is 0 Å². The molecule has 1 aromatic heterocycles. The van der Waals surface area contributed by atoms with E-state index in [1.165, 1.54) is 6.20 Å². The topological polar surface area (TPSA) is 56.9 Å². The molecular formula is C9H7ClN2O. The number of pyridine rings is 1. The number of halogens is 1. The van der Waals surface area contributed by atoms with E-state index in [1.807, 2.05) is 6.07 Å². The van der Waals surface area contributed by atoms with Crippen molar-refractivity contribution in [1.82, 2.24) is 4.98 Å². The second-order valence-electron chi connectivity index (χ2n) is 3.02. The average molecular weight is 195 g/mol. The van der Waals surface area contributed by atoms with Crippen molar-refractivity contribution in [3.8, 4) is 6.07 Å². The Hall–Kier alpha value is -1.11. The van der Waals surface area contributed by atoms with Crippen molar-refractivity contribution in [1.29, 1.82) is 5.26 Å². The van der Waals surface area contributed by atoms with Crippen molar-refractivity contribution in [2.24, 2.45) is 0 Å². The fourth-order valence-electron chi connectivity index (χ4n) is 1.56. The van der Waals surface area contributed by atoms with E-state index in [9.17, 15) is 5.11 Å². The van der Waals surface area contributed by atoms with Crippen LogP contribution >= 0.6 is 11.6 Å². The predicted molar refractivity (Wildman–Crippen MR) is 47.2 cm³/mol. The summed E-state index contributed by atoms with van der Waals surface area (Å²) < 4.78 is 0. The Bertz CT molecular complexity index is 397. The van der Waals surface area contributed by atoms with E-state index in [0.717, 1.165) is 5.56 Å². The van der Waals surface area contributed by atoms with E-state index in [-0.39, 0.29) is 0 Å². The van der Waals surface area contributed by atoms with Crippen molar-refractivity contribution in [2.75, 3.05) is 0 Å². The highest BCUT2D eigenvalue weighted by Gasteiger charge is 2.25. The van der Waals surface area contributed by atoms with Crippen molar-refractivity contribution in [3.05, 3.63) is 28.0 Å². The zero-order chi connectivity index (χ0) is 9.42. The lowest BCUT2D eigenvalue weighted by molar-refractivity contribution is 0.176. The van der Waals surface area contributed by atoms with Crippen LogP contribution in [-0.2, 0) is 6.42 Å². The zero-order valence-electron chi connectivity index (χ0n) is 6.79. The first kappa shape index (κ1) is 8.49. The second-order valence-corrected chi connectivity index (χ2v) is 3.39. The Balaban J connectivity index is 2.62. The van der Waals surface area contributed by atoms with Gasteiger partial charge in [-0.15, -0.1) is 0 Å². The van der Waals surface area contributed by atoms with Crippen LogP contribution in [-0.4, -0.2) is 10.1 Å². The van der Waals surface area contributed by atoms with E-state index < -0.39 is 6.10 Å². The normalized spacial score (nSPS) is 19.6. The van der Waals surface area contributed by atoms with Crippen LogP contribution in [0.15, 0.2) is 6.20 Å². The minimum Gasteiger partial charge on any atom is -0.387 e. The molecule has 0 saturated heterocycles. The Morgan fingerprint density at radius 2 is 2.46 bits per heavy atom. The van der Waals surface area contributed by atoms with Crippen LogP contribution in [0.25, 0.3) is 0 Å². The highest BCUT2D eigenvalue weighted by atomic mass is 35.5. The molecule has 0 aromatic carbocycles. The summed E-state index contributed by atoms with van der Waals surface area (Å²) >= 11 is 5.95. The molecule has 1 aliphatic rings. The van der Waals surface area contributed by atoms with E-state index >= 15 is 0 Å². The van der Waals surface area contributed by atoms with Gasteiger partial charge in [0.05, 0.1) is 22.4 Å². The minimum atomic E-state index is -0.514. The molecule has 1 N–H and O–H groups in total. The number of rotatable bonds is 0. The lowest BCUT2D eigenvalue weighted by atomic mass is 10.1. The van der Waals surface area contributed by atoms with E-state index in [1.54, 1.807) is 0 Å². The highest BCUT2D eigenvalue weighted by molar-refractivity contribution is 6.32. The van der Waals surface area contributed by atoms with Crippen LogP contribution in [0.4, 0.5) is 0 Å². The summed E-state index contributed by atoms with van der Waals surface area (Å²) in [5.74, 6) is 0. The minimum absolute atomic E-state index is 0.384. The quantitative estimate of drug-likeness (QED) is 0.682. The SMILES string of the molecule is N#Cc1cnc2c(c1Cl)CC[C@H]2O. The largest absolute Gasteiger partial charge is 0.387 e. The van der Waals surface area contributed by atoms with E-state index in [4.69, 9.17) is 16.9 Å². The van der Waals surface area contributed by atoms with Gasteiger partial charge < -0.3 is 5.11 Å². The Labute approximate surface area is 80.6 Å². The molecule has 3 nitrogen and oxygen atoms in total. The van der Waals surface area contributed by atoms with Gasteiger partial charge in [0, 0.05) is 6.20 Å². The Morgan fingerprint density at radius 3 is 3.15 bits per heavy atom. The third-order valence-electron chi connectivity index (χ3n) is 2.25. The maximum absolute atomic E-state index is 9.47. The summed E-state index contributed by atoms with van der Waals surface area (Å²) in [7, 11) is 0. The third-order valence-corrected chi connectivity index (χ3v) is 2.68. The predicted octanol–water partition coefficient (Wildman–Crippen LogP) is 1.59. The highest BCUT2D eigenvalue weighted by Crippen LogP contribution is 2.35. The summed E-state index contributed by atoms with van der Waals surface area (Å²) in [5, 5.41) is 18.6. The molecular weight excluding hydrogens is 188 g/mol. The van der Waals surface area contributed by atoms with Gasteiger partial charge in [0.15, 0.2) is 0 Å². The van der Waals surface area contributed by atoms with Crippen molar-refractivity contribution < 1.29 is 5.11 Å². The molecule has 0 fully saturated rings. The summed E-state index contributed by atoms with van der Waals surface area (Å²) in [6.07, 6.45) is 2.25. The average Bonchev–Trinajstić information content (AvgIpc) is 2.50. The number of hydrogen-bond acceptors (Lipinski definition) is 3. The molecule has 4 heteroatoms. The van der Waals surface area contributed by atoms with Gasteiger partial charge in [-0.3, -0.25) is 4.98 Å². The Kier molecular flexibility index (Phi) is 1.95. The molecule has 1 atom stereocenters. The summed E-state index contributed by atoms with van der Waals surface area (Å²) in [6, 6.07) is 1.96. The number of aliphatic hydroxyl groups excluding tert-OH is 1. The molecule has 13 heavy (non-hydrogen) atoms. The monoisotopic (exact) mass is 194 g/mol. The maximum Gasteiger partial charge on any atom is 0.102 e. The molecule has 2 rings (SSSR count). The van der Waals surface area contributed by atoms with Gasteiger partial charge in [0.2, 0.25) is 0 Å². The number of aliphatic hydroxyl groups is 1. The number of nitriles is 1. The molecule has 0 unspecified atom stereocenters. The number of aromatic nitrogens is 1. The lowest BCUT2D eigenvalue weighted by Gasteiger charge is -2.04. The number of fused-ring (bicyclic) bond motifs is 1. The van der Waals surface area contributed by atoms with Gasteiger partial charge in [-0.05, 0) is 18.4 Å². The molecule has 0 amide bonds.